The molecular formula is C14H18O2S. The minimum absolute atomic E-state index is 0.0625. The fourth-order valence-corrected chi connectivity index (χ4v) is 2.53. The van der Waals surface area contributed by atoms with Gasteiger partial charge in [-0.1, -0.05) is 25.1 Å². The smallest absolute Gasteiger partial charge is 0.306 e. The van der Waals surface area contributed by atoms with Gasteiger partial charge in [0.2, 0.25) is 0 Å². The molecule has 2 rings (SSSR count). The summed E-state index contributed by atoms with van der Waals surface area (Å²) in [5.41, 5.74) is 0. The molecule has 0 spiro atoms. The van der Waals surface area contributed by atoms with Crippen LogP contribution < -0.4 is 0 Å². The van der Waals surface area contributed by atoms with Gasteiger partial charge in [0.05, 0.1) is 13.0 Å². The molecule has 2 atom stereocenters. The van der Waals surface area contributed by atoms with Crippen LogP contribution in [0.5, 0.6) is 0 Å². The van der Waals surface area contributed by atoms with Crippen molar-refractivity contribution in [3.05, 3.63) is 30.3 Å². The van der Waals surface area contributed by atoms with E-state index in [4.69, 9.17) is 4.74 Å². The van der Waals surface area contributed by atoms with Crippen LogP contribution in [0.15, 0.2) is 35.2 Å². The second kappa shape index (κ2) is 6.10. The molecule has 0 bridgehead atoms. The molecule has 1 aliphatic carbocycles. The predicted octanol–water partition coefficient (Wildman–Crippen LogP) is 3.37. The molecule has 92 valence electrons. The van der Waals surface area contributed by atoms with Crippen LogP contribution in [0.1, 0.15) is 19.8 Å². The van der Waals surface area contributed by atoms with Crippen molar-refractivity contribution >= 4 is 17.7 Å². The van der Waals surface area contributed by atoms with Crippen LogP contribution in [0, 0.1) is 11.8 Å². The molecule has 0 saturated heterocycles. The number of carbonyl (C=O) groups is 1. The molecule has 1 aromatic carbocycles. The van der Waals surface area contributed by atoms with Crippen LogP contribution in [0.2, 0.25) is 0 Å². The largest absolute Gasteiger partial charge is 0.465 e. The Morgan fingerprint density at radius 3 is 2.76 bits per heavy atom. The SMILES string of the molecule is CC1CC1COC(=O)CCSc1ccccc1. The number of hydrogen-bond acceptors (Lipinski definition) is 3. The van der Waals surface area contributed by atoms with Crippen LogP contribution in [-0.2, 0) is 9.53 Å². The summed E-state index contributed by atoms with van der Waals surface area (Å²) in [5.74, 6) is 2.11. The number of ether oxygens (including phenoxy) is 1. The fraction of sp³-hybridized carbons (Fsp3) is 0.500. The van der Waals surface area contributed by atoms with Crippen molar-refractivity contribution in [3.8, 4) is 0 Å². The number of carbonyl (C=O) groups excluding carboxylic acids is 1. The van der Waals surface area contributed by atoms with Crippen molar-refractivity contribution < 1.29 is 9.53 Å². The van der Waals surface area contributed by atoms with Gasteiger partial charge in [0.1, 0.15) is 0 Å². The minimum Gasteiger partial charge on any atom is -0.465 e. The Bertz CT molecular complexity index is 364. The zero-order chi connectivity index (χ0) is 12.1. The van der Waals surface area contributed by atoms with Crippen molar-refractivity contribution in [2.75, 3.05) is 12.4 Å². The second-order valence-electron chi connectivity index (χ2n) is 4.57. The summed E-state index contributed by atoms with van der Waals surface area (Å²) in [6, 6.07) is 10.1. The van der Waals surface area contributed by atoms with Crippen molar-refractivity contribution in [1.29, 1.82) is 0 Å². The fourth-order valence-electron chi connectivity index (χ4n) is 1.67. The molecule has 1 saturated carbocycles. The monoisotopic (exact) mass is 250 g/mol. The van der Waals surface area contributed by atoms with E-state index in [0.717, 1.165) is 11.7 Å². The first kappa shape index (κ1) is 12.5. The normalized spacial score (nSPS) is 22.2. The lowest BCUT2D eigenvalue weighted by Crippen LogP contribution is -2.08. The summed E-state index contributed by atoms with van der Waals surface area (Å²) in [6.45, 7) is 2.82. The van der Waals surface area contributed by atoms with Gasteiger partial charge in [-0.2, -0.15) is 0 Å². The third-order valence-electron chi connectivity index (χ3n) is 3.05. The van der Waals surface area contributed by atoms with Crippen LogP contribution in [0.3, 0.4) is 0 Å². The van der Waals surface area contributed by atoms with Crippen LogP contribution >= 0.6 is 11.8 Å². The molecule has 2 nitrogen and oxygen atoms in total. The van der Waals surface area contributed by atoms with Gasteiger partial charge in [0.15, 0.2) is 0 Å². The standard InChI is InChI=1S/C14H18O2S/c1-11-9-12(11)10-16-14(15)7-8-17-13-5-3-2-4-6-13/h2-6,11-12H,7-10H2,1H3. The molecule has 1 fully saturated rings. The lowest BCUT2D eigenvalue weighted by molar-refractivity contribution is -0.143. The van der Waals surface area contributed by atoms with E-state index in [1.165, 1.54) is 11.3 Å². The Morgan fingerprint density at radius 2 is 2.12 bits per heavy atom. The van der Waals surface area contributed by atoms with Crippen LogP contribution in [0.25, 0.3) is 0 Å². The molecule has 0 radical (unpaired) electrons. The highest BCUT2D eigenvalue weighted by molar-refractivity contribution is 7.99. The maximum absolute atomic E-state index is 11.4. The third kappa shape index (κ3) is 4.43. The summed E-state index contributed by atoms with van der Waals surface area (Å²) in [5, 5.41) is 0. The molecule has 0 aliphatic heterocycles. The average Bonchev–Trinajstić information content (AvgIpc) is 3.04. The Morgan fingerprint density at radius 1 is 1.41 bits per heavy atom. The number of rotatable bonds is 6. The lowest BCUT2D eigenvalue weighted by Gasteiger charge is -2.04. The first-order valence-corrected chi connectivity index (χ1v) is 7.07. The number of benzene rings is 1. The highest BCUT2D eigenvalue weighted by atomic mass is 32.2. The van der Waals surface area contributed by atoms with Crippen molar-refractivity contribution in [1.82, 2.24) is 0 Å². The van der Waals surface area contributed by atoms with E-state index < -0.39 is 0 Å². The number of hydrogen-bond donors (Lipinski definition) is 0. The highest BCUT2D eigenvalue weighted by Gasteiger charge is 2.33. The zero-order valence-corrected chi connectivity index (χ0v) is 10.9. The molecule has 1 aromatic rings. The van der Waals surface area contributed by atoms with Crippen molar-refractivity contribution in [3.63, 3.8) is 0 Å². The first-order chi connectivity index (χ1) is 8.25. The van der Waals surface area contributed by atoms with E-state index in [1.54, 1.807) is 11.8 Å². The van der Waals surface area contributed by atoms with Crippen molar-refractivity contribution in [2.45, 2.75) is 24.7 Å². The zero-order valence-electron chi connectivity index (χ0n) is 10.1. The molecule has 0 amide bonds. The Kier molecular flexibility index (Phi) is 4.49. The Balaban J connectivity index is 1.57. The molecular weight excluding hydrogens is 232 g/mol. The predicted molar refractivity (Wildman–Crippen MR) is 70.0 cm³/mol. The van der Waals surface area contributed by atoms with E-state index >= 15 is 0 Å². The molecule has 1 aliphatic rings. The van der Waals surface area contributed by atoms with E-state index in [-0.39, 0.29) is 5.97 Å². The maximum atomic E-state index is 11.4. The summed E-state index contributed by atoms with van der Waals surface area (Å²) in [7, 11) is 0. The van der Waals surface area contributed by atoms with Gasteiger partial charge >= 0.3 is 5.97 Å². The lowest BCUT2D eigenvalue weighted by atomic mass is 10.4. The van der Waals surface area contributed by atoms with Gasteiger partial charge in [0.25, 0.3) is 0 Å². The first-order valence-electron chi connectivity index (χ1n) is 6.09. The van der Waals surface area contributed by atoms with Gasteiger partial charge in [-0.3, -0.25) is 4.79 Å². The highest BCUT2D eigenvalue weighted by Crippen LogP contribution is 2.37. The van der Waals surface area contributed by atoms with Gasteiger partial charge < -0.3 is 4.74 Å². The summed E-state index contributed by atoms with van der Waals surface area (Å²) in [6.07, 6.45) is 1.71. The molecule has 0 aromatic heterocycles. The van der Waals surface area contributed by atoms with Crippen LogP contribution in [0.4, 0.5) is 0 Å². The molecule has 0 N–H and O–H groups in total. The van der Waals surface area contributed by atoms with Gasteiger partial charge in [-0.25, -0.2) is 0 Å². The Hall–Kier alpha value is -0.960. The number of thioether (sulfide) groups is 1. The summed E-state index contributed by atoms with van der Waals surface area (Å²) in [4.78, 5) is 12.6. The van der Waals surface area contributed by atoms with E-state index in [1.807, 2.05) is 18.2 Å². The second-order valence-corrected chi connectivity index (χ2v) is 5.74. The average molecular weight is 250 g/mol. The maximum Gasteiger partial charge on any atom is 0.306 e. The van der Waals surface area contributed by atoms with Gasteiger partial charge in [-0.05, 0) is 30.4 Å². The molecule has 0 heterocycles. The quantitative estimate of drug-likeness (QED) is 0.572. The summed E-state index contributed by atoms with van der Waals surface area (Å²) < 4.78 is 5.22. The van der Waals surface area contributed by atoms with E-state index in [0.29, 0.717) is 18.9 Å². The van der Waals surface area contributed by atoms with Crippen LogP contribution in [-0.4, -0.2) is 18.3 Å². The van der Waals surface area contributed by atoms with E-state index in [9.17, 15) is 4.79 Å². The molecule has 17 heavy (non-hydrogen) atoms. The van der Waals surface area contributed by atoms with E-state index in [2.05, 4.69) is 19.1 Å². The summed E-state index contributed by atoms with van der Waals surface area (Å²) >= 11 is 1.70. The third-order valence-corrected chi connectivity index (χ3v) is 4.07. The molecule has 3 heteroatoms. The van der Waals surface area contributed by atoms with Gasteiger partial charge in [0, 0.05) is 10.6 Å². The topological polar surface area (TPSA) is 26.3 Å². The Labute approximate surface area is 107 Å². The number of esters is 1. The minimum atomic E-state index is -0.0625. The van der Waals surface area contributed by atoms with Crippen molar-refractivity contribution in [2.24, 2.45) is 11.8 Å². The van der Waals surface area contributed by atoms with Gasteiger partial charge in [-0.15, -0.1) is 11.8 Å². The molecule has 2 unspecified atom stereocenters.